The number of aliphatic hydroxyl groups is 1. The normalized spacial score (nSPS) is 26.1. The molecule has 26 heavy (non-hydrogen) atoms. The first kappa shape index (κ1) is 18.2. The number of benzene rings is 1. The molecule has 4 nitrogen and oxygen atoms in total. The fraction of sp³-hybridized carbons (Fsp3) is 0.619. The number of hydrogen-bond donors (Lipinski definition) is 2. The fourth-order valence-electron chi connectivity index (χ4n) is 4.69. The molecule has 0 bridgehead atoms. The third-order valence-electron chi connectivity index (χ3n) is 6.17. The standard InChI is InChI=1S/C21H30N2O2S/c1-25-15-6-7-21-17(12-15)19(14-26-21)18(13-23-10-8-22-9-11-23)16-4-2-3-5-20(16)24/h6-7,12,14,16,18,20,22,24H,2-5,8-11,13H2,1H3. The van der Waals surface area contributed by atoms with Crippen molar-refractivity contribution in [1.82, 2.24) is 10.2 Å². The number of thiophene rings is 1. The summed E-state index contributed by atoms with van der Waals surface area (Å²) in [6.45, 7) is 5.39. The van der Waals surface area contributed by atoms with Crippen LogP contribution in [-0.4, -0.2) is 55.9 Å². The minimum absolute atomic E-state index is 0.169. The quantitative estimate of drug-likeness (QED) is 0.841. The number of fused-ring (bicyclic) bond motifs is 1. The Hall–Kier alpha value is -1.14. The summed E-state index contributed by atoms with van der Waals surface area (Å²) in [7, 11) is 1.73. The second-order valence-corrected chi connectivity index (χ2v) is 8.64. The van der Waals surface area contributed by atoms with Gasteiger partial charge in [-0.25, -0.2) is 0 Å². The van der Waals surface area contributed by atoms with E-state index in [-0.39, 0.29) is 6.10 Å². The number of rotatable bonds is 5. The van der Waals surface area contributed by atoms with Crippen LogP contribution in [0.25, 0.3) is 10.1 Å². The van der Waals surface area contributed by atoms with Crippen molar-refractivity contribution in [2.45, 2.75) is 37.7 Å². The molecular weight excluding hydrogens is 344 g/mol. The molecular formula is C21H30N2O2S. The van der Waals surface area contributed by atoms with Crippen LogP contribution >= 0.6 is 11.3 Å². The molecule has 3 atom stereocenters. The van der Waals surface area contributed by atoms with E-state index in [1.54, 1.807) is 7.11 Å². The van der Waals surface area contributed by atoms with Gasteiger partial charge in [-0.1, -0.05) is 12.8 Å². The summed E-state index contributed by atoms with van der Waals surface area (Å²) in [6.07, 6.45) is 4.33. The summed E-state index contributed by atoms with van der Waals surface area (Å²) in [6, 6.07) is 6.39. The van der Waals surface area contributed by atoms with E-state index < -0.39 is 0 Å². The molecule has 1 aromatic heterocycles. The summed E-state index contributed by atoms with van der Waals surface area (Å²) in [5.41, 5.74) is 1.41. The highest BCUT2D eigenvalue weighted by Gasteiger charge is 2.34. The molecule has 5 heteroatoms. The fourth-order valence-corrected chi connectivity index (χ4v) is 5.69. The third-order valence-corrected chi connectivity index (χ3v) is 7.15. The number of methoxy groups -OCH3 is 1. The Morgan fingerprint density at radius 1 is 1.27 bits per heavy atom. The van der Waals surface area contributed by atoms with Crippen molar-refractivity contribution in [2.24, 2.45) is 5.92 Å². The molecule has 4 rings (SSSR count). The van der Waals surface area contributed by atoms with Crippen molar-refractivity contribution in [3.63, 3.8) is 0 Å². The number of piperazine rings is 1. The third kappa shape index (κ3) is 3.77. The van der Waals surface area contributed by atoms with E-state index in [0.717, 1.165) is 57.7 Å². The minimum atomic E-state index is -0.169. The summed E-state index contributed by atoms with van der Waals surface area (Å²) < 4.78 is 6.80. The first-order valence-electron chi connectivity index (χ1n) is 9.92. The zero-order chi connectivity index (χ0) is 17.9. The van der Waals surface area contributed by atoms with Gasteiger partial charge in [0, 0.05) is 43.3 Å². The van der Waals surface area contributed by atoms with Gasteiger partial charge in [0.05, 0.1) is 13.2 Å². The van der Waals surface area contributed by atoms with Crippen LogP contribution in [-0.2, 0) is 0 Å². The lowest BCUT2D eigenvalue weighted by atomic mass is 9.74. The average molecular weight is 375 g/mol. The molecule has 1 aliphatic carbocycles. The Kier molecular flexibility index (Phi) is 5.79. The summed E-state index contributed by atoms with van der Waals surface area (Å²) in [4.78, 5) is 2.58. The molecule has 1 aromatic carbocycles. The lowest BCUT2D eigenvalue weighted by Crippen LogP contribution is -2.46. The maximum Gasteiger partial charge on any atom is 0.119 e. The van der Waals surface area contributed by atoms with E-state index in [4.69, 9.17) is 4.74 Å². The van der Waals surface area contributed by atoms with E-state index >= 15 is 0 Å². The molecule has 2 heterocycles. The lowest BCUT2D eigenvalue weighted by molar-refractivity contribution is 0.0451. The Morgan fingerprint density at radius 2 is 2.08 bits per heavy atom. The van der Waals surface area contributed by atoms with Crippen LogP contribution in [0.3, 0.4) is 0 Å². The molecule has 142 valence electrons. The van der Waals surface area contributed by atoms with Gasteiger partial charge in [0.1, 0.15) is 5.75 Å². The van der Waals surface area contributed by atoms with Gasteiger partial charge >= 0.3 is 0 Å². The molecule has 3 unspecified atom stereocenters. The van der Waals surface area contributed by atoms with Crippen molar-refractivity contribution in [3.8, 4) is 5.75 Å². The van der Waals surface area contributed by atoms with E-state index in [1.165, 1.54) is 22.1 Å². The molecule has 1 saturated carbocycles. The second kappa shape index (κ2) is 8.26. The van der Waals surface area contributed by atoms with Crippen LogP contribution in [0.1, 0.15) is 37.2 Å². The molecule has 2 N–H and O–H groups in total. The topological polar surface area (TPSA) is 44.7 Å². The predicted octanol–water partition coefficient (Wildman–Crippen LogP) is 3.45. The van der Waals surface area contributed by atoms with Gasteiger partial charge in [0.15, 0.2) is 0 Å². The smallest absolute Gasteiger partial charge is 0.119 e. The maximum atomic E-state index is 10.8. The molecule has 1 saturated heterocycles. The van der Waals surface area contributed by atoms with Crippen molar-refractivity contribution in [2.75, 3.05) is 39.8 Å². The number of aliphatic hydroxyl groups excluding tert-OH is 1. The summed E-state index contributed by atoms with van der Waals surface area (Å²) in [5.74, 6) is 1.68. The number of nitrogens with one attached hydrogen (secondary N) is 1. The van der Waals surface area contributed by atoms with E-state index in [0.29, 0.717) is 11.8 Å². The van der Waals surface area contributed by atoms with Crippen LogP contribution in [0.4, 0.5) is 0 Å². The second-order valence-electron chi connectivity index (χ2n) is 7.73. The van der Waals surface area contributed by atoms with Crippen LogP contribution in [0.2, 0.25) is 0 Å². The highest BCUT2D eigenvalue weighted by Crippen LogP contribution is 2.42. The molecule has 0 radical (unpaired) electrons. The Labute approximate surface area is 160 Å². The summed E-state index contributed by atoms with van der Waals surface area (Å²) >= 11 is 1.82. The van der Waals surface area contributed by atoms with Crippen LogP contribution in [0.15, 0.2) is 23.6 Å². The first-order chi connectivity index (χ1) is 12.8. The van der Waals surface area contributed by atoms with Gasteiger partial charge in [-0.15, -0.1) is 11.3 Å². The molecule has 0 amide bonds. The lowest BCUT2D eigenvalue weighted by Gasteiger charge is -2.38. The van der Waals surface area contributed by atoms with Crippen molar-refractivity contribution < 1.29 is 9.84 Å². The van der Waals surface area contributed by atoms with E-state index in [2.05, 4.69) is 27.7 Å². The summed E-state index contributed by atoms with van der Waals surface area (Å²) in [5, 5.41) is 17.9. The molecule has 2 aromatic rings. The first-order valence-corrected chi connectivity index (χ1v) is 10.8. The highest BCUT2D eigenvalue weighted by atomic mass is 32.1. The van der Waals surface area contributed by atoms with Gasteiger partial charge in [0.2, 0.25) is 0 Å². The SMILES string of the molecule is COc1ccc2scc(C(CN3CCNCC3)C3CCCCC3O)c2c1. The number of hydrogen-bond acceptors (Lipinski definition) is 5. The Balaban J connectivity index is 1.69. The van der Waals surface area contributed by atoms with Gasteiger partial charge in [-0.3, -0.25) is 0 Å². The van der Waals surface area contributed by atoms with Crippen LogP contribution < -0.4 is 10.1 Å². The average Bonchev–Trinajstić information content (AvgIpc) is 3.10. The maximum absolute atomic E-state index is 10.8. The Bertz CT molecular complexity index is 726. The van der Waals surface area contributed by atoms with Crippen molar-refractivity contribution >= 4 is 21.4 Å². The van der Waals surface area contributed by atoms with Gasteiger partial charge in [-0.2, -0.15) is 0 Å². The largest absolute Gasteiger partial charge is 0.497 e. The molecule has 0 spiro atoms. The molecule has 2 aliphatic rings. The van der Waals surface area contributed by atoms with Crippen molar-refractivity contribution in [3.05, 3.63) is 29.1 Å². The monoisotopic (exact) mass is 374 g/mol. The van der Waals surface area contributed by atoms with E-state index in [9.17, 15) is 5.11 Å². The zero-order valence-electron chi connectivity index (χ0n) is 15.6. The Morgan fingerprint density at radius 3 is 2.85 bits per heavy atom. The van der Waals surface area contributed by atoms with Gasteiger partial charge in [0.25, 0.3) is 0 Å². The molecule has 2 fully saturated rings. The van der Waals surface area contributed by atoms with Crippen molar-refractivity contribution in [1.29, 1.82) is 0 Å². The zero-order valence-corrected chi connectivity index (χ0v) is 16.4. The number of nitrogens with zero attached hydrogens (tertiary/aromatic N) is 1. The number of ether oxygens (including phenoxy) is 1. The molecule has 1 aliphatic heterocycles. The van der Waals surface area contributed by atoms with Crippen LogP contribution in [0, 0.1) is 5.92 Å². The van der Waals surface area contributed by atoms with Gasteiger partial charge < -0.3 is 20.1 Å². The van der Waals surface area contributed by atoms with Gasteiger partial charge in [-0.05, 0) is 53.3 Å². The predicted molar refractivity (Wildman–Crippen MR) is 108 cm³/mol. The minimum Gasteiger partial charge on any atom is -0.497 e. The highest BCUT2D eigenvalue weighted by molar-refractivity contribution is 7.17. The van der Waals surface area contributed by atoms with Crippen LogP contribution in [0.5, 0.6) is 5.75 Å². The van der Waals surface area contributed by atoms with E-state index in [1.807, 2.05) is 17.4 Å².